The molecule has 20 heavy (non-hydrogen) atoms. The largest absolute Gasteiger partial charge is 0.282 e. The maximum absolute atomic E-state index is 11.9. The van der Waals surface area contributed by atoms with E-state index in [0.29, 0.717) is 0 Å². The molecule has 0 aliphatic carbocycles. The van der Waals surface area contributed by atoms with Gasteiger partial charge in [0.1, 0.15) is 5.56 Å². The van der Waals surface area contributed by atoms with Crippen LogP contribution in [0.2, 0.25) is 0 Å². The smallest absolute Gasteiger partial charge is 0.267 e. The molecule has 0 aliphatic rings. The number of nitrogens with zero attached hydrogens (tertiary/aromatic N) is 2. The average Bonchev–Trinajstić information content (AvgIpc) is 2.91. The van der Waals surface area contributed by atoms with Gasteiger partial charge >= 0.3 is 0 Å². The molecular formula is C13H11N3O3S. The summed E-state index contributed by atoms with van der Waals surface area (Å²) in [4.78, 5) is 23.1. The molecule has 0 saturated carbocycles. The second-order valence-corrected chi connectivity index (χ2v) is 4.97. The minimum absolute atomic E-state index is 0.00155. The van der Waals surface area contributed by atoms with E-state index in [-0.39, 0.29) is 11.3 Å². The standard InChI is InChI=1S/C13H11N3O3S/c1-9-4-5-12(16(18)19)11(7-9)13(17)15-14-8-10-3-2-6-20-10/h2-8H,1H3,(H,15,17)/b14-8+. The molecule has 0 aliphatic heterocycles. The number of nitrogens with one attached hydrogen (secondary N) is 1. The van der Waals surface area contributed by atoms with Crippen LogP contribution >= 0.6 is 11.3 Å². The molecule has 0 bridgehead atoms. The van der Waals surface area contributed by atoms with E-state index in [0.717, 1.165) is 10.4 Å². The molecule has 0 atom stereocenters. The molecule has 1 aromatic heterocycles. The number of aryl methyl sites for hydroxylation is 1. The van der Waals surface area contributed by atoms with Crippen molar-refractivity contribution in [2.75, 3.05) is 0 Å². The van der Waals surface area contributed by atoms with Gasteiger partial charge in [0.15, 0.2) is 0 Å². The van der Waals surface area contributed by atoms with Crippen molar-refractivity contribution in [2.45, 2.75) is 6.92 Å². The molecule has 1 N–H and O–H groups in total. The maximum atomic E-state index is 11.9. The van der Waals surface area contributed by atoms with Crippen molar-refractivity contribution >= 4 is 29.1 Å². The van der Waals surface area contributed by atoms with Gasteiger partial charge in [-0.3, -0.25) is 14.9 Å². The maximum Gasteiger partial charge on any atom is 0.282 e. The SMILES string of the molecule is Cc1ccc([N+](=O)[O-])c(C(=O)N/N=C/c2cccs2)c1. The summed E-state index contributed by atoms with van der Waals surface area (Å²) in [7, 11) is 0. The first-order valence-electron chi connectivity index (χ1n) is 5.70. The zero-order valence-corrected chi connectivity index (χ0v) is 11.4. The van der Waals surface area contributed by atoms with Crippen LogP contribution in [0.25, 0.3) is 0 Å². The Morgan fingerprint density at radius 2 is 2.25 bits per heavy atom. The highest BCUT2D eigenvalue weighted by molar-refractivity contribution is 7.11. The summed E-state index contributed by atoms with van der Waals surface area (Å²) in [5.74, 6) is -0.604. The molecule has 2 rings (SSSR count). The van der Waals surface area contributed by atoms with Crippen LogP contribution in [0.15, 0.2) is 40.8 Å². The summed E-state index contributed by atoms with van der Waals surface area (Å²) in [5.41, 5.74) is 2.82. The van der Waals surface area contributed by atoms with E-state index < -0.39 is 10.8 Å². The van der Waals surface area contributed by atoms with Crippen molar-refractivity contribution in [3.63, 3.8) is 0 Å². The number of hydrogen-bond acceptors (Lipinski definition) is 5. The summed E-state index contributed by atoms with van der Waals surface area (Å²) < 4.78 is 0. The quantitative estimate of drug-likeness (QED) is 0.533. The number of thiophene rings is 1. The fourth-order valence-electron chi connectivity index (χ4n) is 1.57. The molecule has 0 radical (unpaired) electrons. The summed E-state index contributed by atoms with van der Waals surface area (Å²) in [6.07, 6.45) is 1.49. The van der Waals surface area contributed by atoms with Gasteiger partial charge in [-0.2, -0.15) is 5.10 Å². The third kappa shape index (κ3) is 3.27. The Hall–Kier alpha value is -2.54. The van der Waals surface area contributed by atoms with E-state index in [9.17, 15) is 14.9 Å². The summed E-state index contributed by atoms with van der Waals surface area (Å²) >= 11 is 1.47. The minimum Gasteiger partial charge on any atom is -0.267 e. The van der Waals surface area contributed by atoms with Crippen molar-refractivity contribution < 1.29 is 9.72 Å². The Balaban J connectivity index is 2.16. The molecule has 1 aromatic carbocycles. The van der Waals surface area contributed by atoms with Crippen LogP contribution in [0.3, 0.4) is 0 Å². The number of nitro groups is 1. The number of amides is 1. The summed E-state index contributed by atoms with van der Waals surface area (Å²) in [6, 6.07) is 8.07. The number of hydrogen-bond donors (Lipinski definition) is 1. The molecule has 0 spiro atoms. The third-order valence-corrected chi connectivity index (χ3v) is 3.30. The molecule has 2 aromatic rings. The zero-order valence-electron chi connectivity index (χ0n) is 10.6. The fraction of sp³-hybridized carbons (Fsp3) is 0.0769. The van der Waals surface area contributed by atoms with Gasteiger partial charge in [0, 0.05) is 10.9 Å². The van der Waals surface area contributed by atoms with Gasteiger partial charge in [0.25, 0.3) is 11.6 Å². The van der Waals surface area contributed by atoms with E-state index in [4.69, 9.17) is 0 Å². The first kappa shape index (κ1) is 13.9. The van der Waals surface area contributed by atoms with E-state index in [1.54, 1.807) is 13.0 Å². The van der Waals surface area contributed by atoms with Crippen molar-refractivity contribution in [2.24, 2.45) is 5.10 Å². The van der Waals surface area contributed by atoms with Crippen molar-refractivity contribution in [1.29, 1.82) is 0 Å². The Morgan fingerprint density at radius 3 is 2.90 bits per heavy atom. The number of hydrazone groups is 1. The van der Waals surface area contributed by atoms with Crippen LogP contribution in [0.5, 0.6) is 0 Å². The van der Waals surface area contributed by atoms with Gasteiger partial charge in [-0.05, 0) is 30.0 Å². The van der Waals surface area contributed by atoms with Crippen molar-refractivity contribution in [3.05, 3.63) is 61.8 Å². The number of nitro benzene ring substituents is 1. The highest BCUT2D eigenvalue weighted by Crippen LogP contribution is 2.19. The predicted octanol–water partition coefficient (Wildman–Crippen LogP) is 2.73. The molecule has 102 valence electrons. The molecule has 0 saturated heterocycles. The molecule has 0 unspecified atom stereocenters. The van der Waals surface area contributed by atoms with Crippen LogP contribution < -0.4 is 5.43 Å². The lowest BCUT2D eigenvalue weighted by atomic mass is 10.1. The highest BCUT2D eigenvalue weighted by Gasteiger charge is 2.19. The first-order valence-corrected chi connectivity index (χ1v) is 6.58. The first-order chi connectivity index (χ1) is 9.58. The molecule has 1 heterocycles. The van der Waals surface area contributed by atoms with Gasteiger partial charge in [0.2, 0.25) is 0 Å². The third-order valence-electron chi connectivity index (χ3n) is 2.49. The monoisotopic (exact) mass is 289 g/mol. The Labute approximate surface area is 118 Å². The van der Waals surface area contributed by atoms with Crippen molar-refractivity contribution in [1.82, 2.24) is 5.43 Å². The second kappa shape index (κ2) is 6.07. The second-order valence-electron chi connectivity index (χ2n) is 3.99. The van der Waals surface area contributed by atoms with Crippen LogP contribution in [-0.2, 0) is 0 Å². The Kier molecular flexibility index (Phi) is 4.21. The molecule has 7 heteroatoms. The highest BCUT2D eigenvalue weighted by atomic mass is 32.1. The fourth-order valence-corrected chi connectivity index (χ4v) is 2.16. The number of rotatable bonds is 4. The molecule has 0 fully saturated rings. The Bertz CT molecular complexity index is 666. The molecule has 1 amide bonds. The van der Waals surface area contributed by atoms with E-state index in [1.165, 1.54) is 29.7 Å². The van der Waals surface area contributed by atoms with Crippen LogP contribution in [0.1, 0.15) is 20.8 Å². The zero-order chi connectivity index (χ0) is 14.5. The lowest BCUT2D eigenvalue weighted by Gasteiger charge is -2.02. The number of carbonyl (C=O) groups excluding carboxylic acids is 1. The lowest BCUT2D eigenvalue weighted by molar-refractivity contribution is -0.385. The van der Waals surface area contributed by atoms with Crippen LogP contribution in [0.4, 0.5) is 5.69 Å². The number of carbonyl (C=O) groups is 1. The average molecular weight is 289 g/mol. The minimum atomic E-state index is -0.604. The van der Waals surface area contributed by atoms with E-state index >= 15 is 0 Å². The van der Waals surface area contributed by atoms with E-state index in [2.05, 4.69) is 10.5 Å². The topological polar surface area (TPSA) is 84.6 Å². The predicted molar refractivity (Wildman–Crippen MR) is 77.2 cm³/mol. The summed E-state index contributed by atoms with van der Waals surface area (Å²) in [6.45, 7) is 1.76. The normalized spacial score (nSPS) is 10.7. The van der Waals surface area contributed by atoms with E-state index in [1.807, 2.05) is 17.5 Å². The molecule has 6 nitrogen and oxygen atoms in total. The van der Waals surface area contributed by atoms with Gasteiger partial charge in [-0.25, -0.2) is 5.43 Å². The number of benzene rings is 1. The van der Waals surface area contributed by atoms with Gasteiger partial charge in [-0.1, -0.05) is 12.1 Å². The Morgan fingerprint density at radius 1 is 1.45 bits per heavy atom. The summed E-state index contributed by atoms with van der Waals surface area (Å²) in [5, 5.41) is 16.6. The van der Waals surface area contributed by atoms with Crippen molar-refractivity contribution in [3.8, 4) is 0 Å². The van der Waals surface area contributed by atoms with Gasteiger partial charge in [-0.15, -0.1) is 11.3 Å². The van der Waals surface area contributed by atoms with Crippen LogP contribution in [0, 0.1) is 17.0 Å². The van der Waals surface area contributed by atoms with Gasteiger partial charge < -0.3 is 0 Å². The van der Waals surface area contributed by atoms with Gasteiger partial charge in [0.05, 0.1) is 11.1 Å². The molecular weight excluding hydrogens is 278 g/mol. The lowest BCUT2D eigenvalue weighted by Crippen LogP contribution is -2.19. The van der Waals surface area contributed by atoms with Crippen LogP contribution in [-0.4, -0.2) is 17.0 Å².